The standard InChI is InChI=1S/C24H22F3N5O2/c1-34-20-14-32(17-5-2-4-16(12-17)24(25,26)27)30-21(20)23(33)31-10-7-15(8-11-31)19-13-29-22-18(19)6-3-9-28-22/h2-6,9,12-15H,7-8,10-11H2,1H3,(H,28,29). The highest BCUT2D eigenvalue weighted by Gasteiger charge is 2.32. The fourth-order valence-corrected chi connectivity index (χ4v) is 4.47. The van der Waals surface area contributed by atoms with E-state index < -0.39 is 11.7 Å². The minimum Gasteiger partial charge on any atom is -0.493 e. The number of piperidine rings is 1. The van der Waals surface area contributed by atoms with E-state index in [4.69, 9.17) is 4.74 Å². The number of aromatic nitrogens is 4. The lowest BCUT2D eigenvalue weighted by molar-refractivity contribution is -0.137. The molecule has 1 amide bonds. The summed E-state index contributed by atoms with van der Waals surface area (Å²) in [5.74, 6) is 0.209. The molecule has 0 atom stereocenters. The first kappa shape index (κ1) is 22.0. The van der Waals surface area contributed by atoms with Crippen molar-refractivity contribution in [3.05, 3.63) is 71.8 Å². The summed E-state index contributed by atoms with van der Waals surface area (Å²) in [6, 6.07) is 8.73. The molecule has 0 saturated carbocycles. The zero-order valence-corrected chi connectivity index (χ0v) is 18.3. The molecular formula is C24H22F3N5O2. The number of hydrogen-bond acceptors (Lipinski definition) is 4. The van der Waals surface area contributed by atoms with E-state index in [1.165, 1.54) is 35.7 Å². The smallest absolute Gasteiger partial charge is 0.416 e. The number of rotatable bonds is 4. The summed E-state index contributed by atoms with van der Waals surface area (Å²) in [6.45, 7) is 1.08. The second kappa shape index (κ2) is 8.51. The van der Waals surface area contributed by atoms with Crippen molar-refractivity contribution in [2.45, 2.75) is 24.9 Å². The molecular weight excluding hydrogens is 447 g/mol. The number of ether oxygens (including phenoxy) is 1. The van der Waals surface area contributed by atoms with Crippen LogP contribution in [0.3, 0.4) is 0 Å². The molecule has 0 unspecified atom stereocenters. The molecule has 1 fully saturated rings. The van der Waals surface area contributed by atoms with Gasteiger partial charge >= 0.3 is 6.18 Å². The van der Waals surface area contributed by atoms with Gasteiger partial charge in [-0.1, -0.05) is 6.07 Å². The number of carbonyl (C=O) groups is 1. The normalized spacial score (nSPS) is 15.1. The van der Waals surface area contributed by atoms with Crippen LogP contribution in [0.1, 0.15) is 40.4 Å². The zero-order chi connectivity index (χ0) is 23.9. The van der Waals surface area contributed by atoms with Crippen LogP contribution >= 0.6 is 0 Å². The number of fused-ring (bicyclic) bond motifs is 1. The number of halogens is 3. The van der Waals surface area contributed by atoms with E-state index in [-0.39, 0.29) is 23.0 Å². The molecule has 4 heterocycles. The number of pyridine rings is 1. The molecule has 176 valence electrons. The zero-order valence-electron chi connectivity index (χ0n) is 18.3. The number of nitrogens with zero attached hydrogens (tertiary/aromatic N) is 4. The van der Waals surface area contributed by atoms with Gasteiger partial charge in [-0.25, -0.2) is 9.67 Å². The lowest BCUT2D eigenvalue weighted by atomic mass is 9.89. The van der Waals surface area contributed by atoms with Gasteiger partial charge in [0.25, 0.3) is 5.91 Å². The number of aromatic amines is 1. The Bertz CT molecular complexity index is 1340. The molecule has 1 aromatic carbocycles. The van der Waals surface area contributed by atoms with Crippen LogP contribution in [0.2, 0.25) is 0 Å². The van der Waals surface area contributed by atoms with Crippen LogP contribution in [0.25, 0.3) is 16.7 Å². The molecule has 3 aromatic heterocycles. The van der Waals surface area contributed by atoms with Crippen LogP contribution in [0.15, 0.2) is 55.0 Å². The van der Waals surface area contributed by atoms with Crippen LogP contribution in [-0.2, 0) is 6.18 Å². The summed E-state index contributed by atoms with van der Waals surface area (Å²) in [5.41, 5.74) is 1.53. The van der Waals surface area contributed by atoms with Crippen molar-refractivity contribution >= 4 is 16.9 Å². The van der Waals surface area contributed by atoms with Crippen LogP contribution in [0.4, 0.5) is 13.2 Å². The first-order valence-corrected chi connectivity index (χ1v) is 10.9. The first-order valence-electron chi connectivity index (χ1n) is 10.9. The summed E-state index contributed by atoms with van der Waals surface area (Å²) in [4.78, 5) is 22.5. The monoisotopic (exact) mass is 469 g/mol. The average molecular weight is 469 g/mol. The van der Waals surface area contributed by atoms with Crippen molar-refractivity contribution in [2.24, 2.45) is 0 Å². The van der Waals surface area contributed by atoms with Gasteiger partial charge in [0.15, 0.2) is 11.4 Å². The minimum absolute atomic E-state index is 0.0784. The average Bonchev–Trinajstić information content (AvgIpc) is 3.48. The quantitative estimate of drug-likeness (QED) is 0.466. The summed E-state index contributed by atoms with van der Waals surface area (Å²) >= 11 is 0. The van der Waals surface area contributed by atoms with E-state index >= 15 is 0 Å². The summed E-state index contributed by atoms with van der Waals surface area (Å²) in [7, 11) is 1.40. The first-order chi connectivity index (χ1) is 16.3. The molecule has 5 rings (SSSR count). The third-order valence-electron chi connectivity index (χ3n) is 6.25. The molecule has 0 aliphatic carbocycles. The maximum absolute atomic E-state index is 13.2. The van der Waals surface area contributed by atoms with Gasteiger partial charge in [-0.05, 0) is 54.7 Å². The minimum atomic E-state index is -4.48. The fourth-order valence-electron chi connectivity index (χ4n) is 4.47. The molecule has 4 aromatic rings. The van der Waals surface area contributed by atoms with E-state index in [1.807, 2.05) is 18.3 Å². The number of amides is 1. The molecule has 0 bridgehead atoms. The van der Waals surface area contributed by atoms with Crippen molar-refractivity contribution in [3.8, 4) is 11.4 Å². The van der Waals surface area contributed by atoms with E-state index in [2.05, 4.69) is 15.1 Å². The van der Waals surface area contributed by atoms with E-state index in [9.17, 15) is 18.0 Å². The lowest BCUT2D eigenvalue weighted by Crippen LogP contribution is -2.38. The van der Waals surface area contributed by atoms with E-state index in [1.54, 1.807) is 11.1 Å². The Morgan fingerprint density at radius 2 is 1.97 bits per heavy atom. The van der Waals surface area contributed by atoms with Crippen LogP contribution in [0, 0.1) is 0 Å². The number of methoxy groups -OCH3 is 1. The predicted molar refractivity (Wildman–Crippen MR) is 119 cm³/mol. The SMILES string of the molecule is COc1cn(-c2cccc(C(F)(F)F)c2)nc1C(=O)N1CCC(c2c[nH]c3ncccc23)CC1. The van der Waals surface area contributed by atoms with Crippen LogP contribution in [0.5, 0.6) is 5.75 Å². The molecule has 1 aliphatic heterocycles. The second-order valence-corrected chi connectivity index (χ2v) is 8.25. The number of H-pyrrole nitrogens is 1. The van der Waals surface area contributed by atoms with Crippen molar-refractivity contribution in [3.63, 3.8) is 0 Å². The van der Waals surface area contributed by atoms with Crippen LogP contribution in [-0.4, -0.2) is 50.8 Å². The maximum Gasteiger partial charge on any atom is 0.416 e. The molecule has 34 heavy (non-hydrogen) atoms. The summed E-state index contributed by atoms with van der Waals surface area (Å²) in [5, 5.41) is 5.37. The highest BCUT2D eigenvalue weighted by atomic mass is 19.4. The van der Waals surface area contributed by atoms with Gasteiger partial charge in [-0.3, -0.25) is 4.79 Å². The Labute approximate surface area is 193 Å². The third-order valence-corrected chi connectivity index (χ3v) is 6.25. The molecule has 10 heteroatoms. The lowest BCUT2D eigenvalue weighted by Gasteiger charge is -2.31. The van der Waals surface area contributed by atoms with Crippen molar-refractivity contribution in [1.82, 2.24) is 24.6 Å². The molecule has 0 spiro atoms. The number of benzene rings is 1. The van der Waals surface area contributed by atoms with Gasteiger partial charge in [0.1, 0.15) is 5.65 Å². The summed E-state index contributed by atoms with van der Waals surface area (Å²) in [6.07, 6.45) is 2.25. The van der Waals surface area contributed by atoms with Gasteiger partial charge in [0, 0.05) is 30.9 Å². The topological polar surface area (TPSA) is 76.0 Å². The fraction of sp³-hybridized carbons (Fsp3) is 0.292. The highest BCUT2D eigenvalue weighted by molar-refractivity contribution is 5.95. The number of alkyl halides is 3. The van der Waals surface area contributed by atoms with Crippen molar-refractivity contribution in [2.75, 3.05) is 20.2 Å². The predicted octanol–water partition coefficient (Wildman–Crippen LogP) is 4.80. The van der Waals surface area contributed by atoms with E-state index in [0.29, 0.717) is 19.0 Å². The Hall–Kier alpha value is -3.82. The highest BCUT2D eigenvalue weighted by Crippen LogP contribution is 2.34. The maximum atomic E-state index is 13.2. The number of carbonyl (C=O) groups excluding carboxylic acids is 1. The number of nitrogens with one attached hydrogen (secondary N) is 1. The molecule has 7 nitrogen and oxygen atoms in total. The summed E-state index contributed by atoms with van der Waals surface area (Å²) < 4.78 is 45.9. The molecule has 1 saturated heterocycles. The third kappa shape index (κ3) is 4.00. The van der Waals surface area contributed by atoms with Gasteiger partial charge in [-0.2, -0.15) is 18.3 Å². The Kier molecular flexibility index (Phi) is 5.51. The Morgan fingerprint density at radius 1 is 1.18 bits per heavy atom. The van der Waals surface area contributed by atoms with E-state index in [0.717, 1.165) is 36.0 Å². The van der Waals surface area contributed by atoms with Gasteiger partial charge in [0.05, 0.1) is 24.6 Å². The van der Waals surface area contributed by atoms with Crippen molar-refractivity contribution < 1.29 is 22.7 Å². The van der Waals surface area contributed by atoms with Gasteiger partial charge in [-0.15, -0.1) is 0 Å². The molecule has 0 radical (unpaired) electrons. The Morgan fingerprint density at radius 3 is 2.71 bits per heavy atom. The van der Waals surface area contributed by atoms with Gasteiger partial charge < -0.3 is 14.6 Å². The molecule has 1 aliphatic rings. The number of hydrogen-bond donors (Lipinski definition) is 1. The van der Waals surface area contributed by atoms with Crippen LogP contribution < -0.4 is 4.74 Å². The van der Waals surface area contributed by atoms with Crippen molar-refractivity contribution in [1.29, 1.82) is 0 Å². The largest absolute Gasteiger partial charge is 0.493 e. The number of likely N-dealkylation sites (tertiary alicyclic amines) is 1. The Balaban J connectivity index is 1.34. The van der Waals surface area contributed by atoms with Gasteiger partial charge in [0.2, 0.25) is 0 Å². The molecule has 1 N–H and O–H groups in total. The second-order valence-electron chi connectivity index (χ2n) is 8.25.